The van der Waals surface area contributed by atoms with Crippen molar-refractivity contribution >= 4 is 21.5 Å². The Morgan fingerprint density at radius 1 is 1.67 bits per heavy atom. The van der Waals surface area contributed by atoms with Gasteiger partial charge < -0.3 is 5.73 Å². The van der Waals surface area contributed by atoms with Crippen LogP contribution in [0.4, 0.5) is 0 Å². The zero-order valence-electron chi connectivity index (χ0n) is 6.76. The molecule has 1 aromatic rings. The zero-order chi connectivity index (χ0) is 8.97. The molecule has 3 heteroatoms. The number of rotatable bonds is 3. The quantitative estimate of drug-likeness (QED) is 0.859. The maximum Gasteiger partial charge on any atom is 0.0798 e. The second-order valence-corrected chi connectivity index (χ2v) is 3.33. The molecule has 0 fully saturated rings. The topological polar surface area (TPSA) is 38.9 Å². The fraction of sp³-hybridized carbons (Fsp3) is 0.222. The second-order valence-electron chi connectivity index (χ2n) is 2.48. The zero-order valence-corrected chi connectivity index (χ0v) is 8.34. The average Bonchev–Trinajstić information content (AvgIpc) is 2.05. The van der Waals surface area contributed by atoms with E-state index < -0.39 is 0 Å². The third-order valence-corrected chi connectivity index (χ3v) is 2.18. The molecule has 0 spiro atoms. The van der Waals surface area contributed by atoms with E-state index in [-0.39, 0.29) is 0 Å². The van der Waals surface area contributed by atoms with Crippen molar-refractivity contribution in [3.05, 3.63) is 35.1 Å². The first-order chi connectivity index (χ1) is 5.75. The third kappa shape index (κ3) is 2.16. The molecule has 0 aromatic carbocycles. The van der Waals surface area contributed by atoms with E-state index in [0.717, 1.165) is 22.2 Å². The number of pyridine rings is 1. The minimum absolute atomic E-state index is 0.613. The van der Waals surface area contributed by atoms with Crippen molar-refractivity contribution in [3.63, 3.8) is 0 Å². The summed E-state index contributed by atoms with van der Waals surface area (Å²) in [6.45, 7) is 4.52. The highest BCUT2D eigenvalue weighted by Crippen LogP contribution is 2.21. The van der Waals surface area contributed by atoms with E-state index >= 15 is 0 Å². The Bertz CT molecular complexity index is 284. The molecular formula is C9H11BrN2. The van der Waals surface area contributed by atoms with Crippen LogP contribution in [0.2, 0.25) is 0 Å². The van der Waals surface area contributed by atoms with E-state index in [9.17, 15) is 0 Å². The normalized spacial score (nSPS) is 9.83. The van der Waals surface area contributed by atoms with Crippen LogP contribution in [0.25, 0.3) is 5.57 Å². The van der Waals surface area contributed by atoms with Gasteiger partial charge in [-0.1, -0.05) is 6.58 Å². The van der Waals surface area contributed by atoms with Crippen molar-refractivity contribution in [2.24, 2.45) is 5.73 Å². The van der Waals surface area contributed by atoms with Gasteiger partial charge in [-0.2, -0.15) is 0 Å². The van der Waals surface area contributed by atoms with Gasteiger partial charge in [-0.15, -0.1) is 0 Å². The Hall–Kier alpha value is -0.670. The summed E-state index contributed by atoms with van der Waals surface area (Å²) >= 11 is 3.40. The van der Waals surface area contributed by atoms with Crippen molar-refractivity contribution in [3.8, 4) is 0 Å². The molecule has 0 aliphatic rings. The summed E-state index contributed by atoms with van der Waals surface area (Å²) in [5.74, 6) is 0. The number of hydrogen-bond acceptors (Lipinski definition) is 2. The first kappa shape index (κ1) is 9.42. The molecule has 1 rings (SSSR count). The van der Waals surface area contributed by atoms with Gasteiger partial charge in [0.05, 0.1) is 5.69 Å². The molecule has 0 radical (unpaired) electrons. The predicted octanol–water partition coefficient (Wildman–Crippen LogP) is 2.21. The van der Waals surface area contributed by atoms with Gasteiger partial charge in [0.1, 0.15) is 0 Å². The van der Waals surface area contributed by atoms with Crippen LogP contribution >= 0.6 is 15.9 Å². The van der Waals surface area contributed by atoms with E-state index in [1.165, 1.54) is 0 Å². The molecule has 64 valence electrons. The van der Waals surface area contributed by atoms with Crippen molar-refractivity contribution in [1.29, 1.82) is 0 Å². The van der Waals surface area contributed by atoms with Gasteiger partial charge in [0.2, 0.25) is 0 Å². The van der Waals surface area contributed by atoms with Crippen LogP contribution in [0, 0.1) is 0 Å². The molecule has 0 amide bonds. The number of halogens is 1. The van der Waals surface area contributed by atoms with Crippen molar-refractivity contribution < 1.29 is 0 Å². The van der Waals surface area contributed by atoms with Crippen LogP contribution in [-0.2, 0) is 0 Å². The Morgan fingerprint density at radius 2 is 2.42 bits per heavy atom. The summed E-state index contributed by atoms with van der Waals surface area (Å²) in [6.07, 6.45) is 2.54. The summed E-state index contributed by atoms with van der Waals surface area (Å²) in [5.41, 5.74) is 7.30. The summed E-state index contributed by atoms with van der Waals surface area (Å²) in [6, 6.07) is 3.83. The summed E-state index contributed by atoms with van der Waals surface area (Å²) in [7, 11) is 0. The van der Waals surface area contributed by atoms with Gasteiger partial charge in [-0.25, -0.2) is 0 Å². The highest BCUT2D eigenvalue weighted by Gasteiger charge is 2.02. The van der Waals surface area contributed by atoms with Crippen LogP contribution in [-0.4, -0.2) is 11.5 Å². The smallest absolute Gasteiger partial charge is 0.0798 e. The number of nitrogens with zero attached hydrogens (tertiary/aromatic N) is 1. The van der Waals surface area contributed by atoms with Crippen molar-refractivity contribution in [1.82, 2.24) is 4.98 Å². The molecule has 0 saturated heterocycles. The Morgan fingerprint density at radius 3 is 3.00 bits per heavy atom. The Labute approximate surface area is 80.6 Å². The number of nitrogens with two attached hydrogens (primary N) is 1. The highest BCUT2D eigenvalue weighted by molar-refractivity contribution is 9.10. The lowest BCUT2D eigenvalue weighted by molar-refractivity contribution is 1.01. The van der Waals surface area contributed by atoms with Crippen LogP contribution < -0.4 is 5.73 Å². The molecule has 1 aromatic heterocycles. The highest BCUT2D eigenvalue weighted by atomic mass is 79.9. The molecule has 0 unspecified atom stereocenters. The maximum absolute atomic E-state index is 5.41. The minimum Gasteiger partial charge on any atom is -0.330 e. The van der Waals surface area contributed by atoms with Crippen LogP contribution in [0.3, 0.4) is 0 Å². The Kier molecular flexibility index (Phi) is 3.44. The SMILES string of the molecule is C=C(CCN)c1ncccc1Br. The molecule has 0 aliphatic carbocycles. The molecule has 2 N–H and O–H groups in total. The minimum atomic E-state index is 0.613. The predicted molar refractivity (Wildman–Crippen MR) is 54.6 cm³/mol. The molecule has 2 nitrogen and oxygen atoms in total. The van der Waals surface area contributed by atoms with Gasteiger partial charge in [-0.05, 0) is 46.6 Å². The molecule has 0 aliphatic heterocycles. The lowest BCUT2D eigenvalue weighted by Crippen LogP contribution is -2.00. The van der Waals surface area contributed by atoms with Gasteiger partial charge in [-0.3, -0.25) is 4.98 Å². The summed E-state index contributed by atoms with van der Waals surface area (Å²) in [4.78, 5) is 4.19. The molecule has 0 bridgehead atoms. The van der Waals surface area contributed by atoms with E-state index in [2.05, 4.69) is 27.5 Å². The van der Waals surface area contributed by atoms with E-state index in [4.69, 9.17) is 5.73 Å². The van der Waals surface area contributed by atoms with Gasteiger partial charge in [0.15, 0.2) is 0 Å². The first-order valence-electron chi connectivity index (χ1n) is 3.74. The van der Waals surface area contributed by atoms with Crippen molar-refractivity contribution in [2.75, 3.05) is 6.54 Å². The molecule has 12 heavy (non-hydrogen) atoms. The van der Waals surface area contributed by atoms with E-state index in [1.54, 1.807) is 6.20 Å². The Balaban J connectivity index is 2.87. The van der Waals surface area contributed by atoms with E-state index in [0.29, 0.717) is 6.54 Å². The average molecular weight is 227 g/mol. The molecule has 0 saturated carbocycles. The fourth-order valence-corrected chi connectivity index (χ4v) is 1.47. The second kappa shape index (κ2) is 4.38. The summed E-state index contributed by atoms with van der Waals surface area (Å²) in [5, 5.41) is 0. The molecule has 0 atom stereocenters. The lowest BCUT2D eigenvalue weighted by atomic mass is 10.1. The van der Waals surface area contributed by atoms with Crippen LogP contribution in [0.1, 0.15) is 12.1 Å². The molecule has 1 heterocycles. The molecular weight excluding hydrogens is 216 g/mol. The number of hydrogen-bond donors (Lipinski definition) is 1. The standard InChI is InChI=1S/C9H11BrN2/c1-7(4-5-11)9-8(10)3-2-6-12-9/h2-3,6H,1,4-5,11H2. The number of aromatic nitrogens is 1. The first-order valence-corrected chi connectivity index (χ1v) is 4.53. The van der Waals surface area contributed by atoms with Gasteiger partial charge >= 0.3 is 0 Å². The van der Waals surface area contributed by atoms with Gasteiger partial charge in [0, 0.05) is 10.7 Å². The van der Waals surface area contributed by atoms with Crippen molar-refractivity contribution in [2.45, 2.75) is 6.42 Å². The van der Waals surface area contributed by atoms with E-state index in [1.807, 2.05) is 12.1 Å². The lowest BCUT2D eigenvalue weighted by Gasteiger charge is -2.04. The van der Waals surface area contributed by atoms with Crippen LogP contribution in [0.15, 0.2) is 29.4 Å². The summed E-state index contributed by atoms with van der Waals surface area (Å²) < 4.78 is 0.975. The third-order valence-electron chi connectivity index (χ3n) is 1.54. The fourth-order valence-electron chi connectivity index (χ4n) is 0.938. The monoisotopic (exact) mass is 226 g/mol. The largest absolute Gasteiger partial charge is 0.330 e. The van der Waals surface area contributed by atoms with Gasteiger partial charge in [0.25, 0.3) is 0 Å². The van der Waals surface area contributed by atoms with Crippen LogP contribution in [0.5, 0.6) is 0 Å². The maximum atomic E-state index is 5.41.